The van der Waals surface area contributed by atoms with E-state index in [1.165, 1.54) is 25.7 Å². The van der Waals surface area contributed by atoms with Crippen LogP contribution in [0.5, 0.6) is 0 Å². The predicted octanol–water partition coefficient (Wildman–Crippen LogP) is 3.00. The molecule has 1 aliphatic carbocycles. The van der Waals surface area contributed by atoms with Crippen molar-refractivity contribution in [3.8, 4) is 0 Å². The van der Waals surface area contributed by atoms with E-state index in [2.05, 4.69) is 17.6 Å². The molecule has 1 amide bonds. The van der Waals surface area contributed by atoms with Gasteiger partial charge in [-0.15, -0.1) is 0 Å². The maximum Gasteiger partial charge on any atom is 0.228 e. The van der Waals surface area contributed by atoms with Crippen molar-refractivity contribution in [3.05, 3.63) is 17.7 Å². The van der Waals surface area contributed by atoms with Crippen LogP contribution in [-0.2, 0) is 11.2 Å². The molecule has 4 N–H and O–H groups in total. The number of nitrogen functional groups attached to an aromatic ring is 1. The van der Waals surface area contributed by atoms with Gasteiger partial charge in [0.2, 0.25) is 5.91 Å². The minimum atomic E-state index is 0.0532. The molecule has 1 aromatic carbocycles. The molecule has 2 aliphatic rings. The first-order valence-electron chi connectivity index (χ1n) is 7.59. The summed E-state index contributed by atoms with van der Waals surface area (Å²) in [6.07, 6.45) is 5.79. The highest BCUT2D eigenvalue weighted by atomic mass is 16.1. The van der Waals surface area contributed by atoms with Crippen molar-refractivity contribution in [1.82, 2.24) is 0 Å². The van der Waals surface area contributed by atoms with E-state index in [0.29, 0.717) is 6.42 Å². The van der Waals surface area contributed by atoms with Crippen LogP contribution in [0.1, 0.15) is 38.2 Å². The van der Waals surface area contributed by atoms with Gasteiger partial charge in [-0.2, -0.15) is 0 Å². The first-order chi connectivity index (χ1) is 9.63. The summed E-state index contributed by atoms with van der Waals surface area (Å²) < 4.78 is 0. The lowest BCUT2D eigenvalue weighted by Crippen LogP contribution is -2.24. The second-order valence-electron chi connectivity index (χ2n) is 6.22. The van der Waals surface area contributed by atoms with Crippen LogP contribution in [0.25, 0.3) is 0 Å². The molecule has 0 spiro atoms. The Kier molecular flexibility index (Phi) is 3.55. The topological polar surface area (TPSA) is 67.1 Å². The van der Waals surface area contributed by atoms with Crippen molar-refractivity contribution in [2.45, 2.75) is 39.0 Å². The lowest BCUT2D eigenvalue weighted by Gasteiger charge is -2.29. The van der Waals surface area contributed by atoms with Crippen molar-refractivity contribution >= 4 is 23.0 Å². The Labute approximate surface area is 120 Å². The normalized spacial score (nSPS) is 25.1. The lowest BCUT2D eigenvalue weighted by atomic mass is 9.80. The Bertz CT molecular complexity index is 527. The summed E-state index contributed by atoms with van der Waals surface area (Å²) in [4.78, 5) is 11.4. The van der Waals surface area contributed by atoms with E-state index in [1.54, 1.807) is 0 Å². The zero-order chi connectivity index (χ0) is 14.1. The molecule has 3 rings (SSSR count). The van der Waals surface area contributed by atoms with Crippen LogP contribution in [0, 0.1) is 11.8 Å². The van der Waals surface area contributed by atoms with Gasteiger partial charge >= 0.3 is 0 Å². The summed E-state index contributed by atoms with van der Waals surface area (Å²) in [5.41, 5.74) is 9.68. The minimum Gasteiger partial charge on any atom is -0.397 e. The number of carbonyl (C=O) groups excluding carboxylic acids is 1. The molecule has 4 nitrogen and oxygen atoms in total. The van der Waals surface area contributed by atoms with E-state index in [-0.39, 0.29) is 5.91 Å². The van der Waals surface area contributed by atoms with Gasteiger partial charge in [-0.05, 0) is 36.0 Å². The molecule has 1 heterocycles. The Morgan fingerprint density at radius 3 is 2.95 bits per heavy atom. The zero-order valence-electron chi connectivity index (χ0n) is 12.0. The fourth-order valence-electron chi connectivity index (χ4n) is 3.38. The summed E-state index contributed by atoms with van der Waals surface area (Å²) >= 11 is 0. The van der Waals surface area contributed by atoms with Crippen LogP contribution in [0.15, 0.2) is 12.1 Å². The first-order valence-corrected chi connectivity index (χ1v) is 7.59. The number of amides is 1. The fraction of sp³-hybridized carbons (Fsp3) is 0.562. The molecule has 20 heavy (non-hydrogen) atoms. The molecule has 0 aromatic heterocycles. The Morgan fingerprint density at radius 1 is 1.35 bits per heavy atom. The molecule has 0 saturated heterocycles. The Hall–Kier alpha value is -1.71. The SMILES string of the molecule is CC1CCCCC1CNc1cc2c(cc1N)CC(=O)N2. The summed E-state index contributed by atoms with van der Waals surface area (Å²) in [6.45, 7) is 3.32. The summed E-state index contributed by atoms with van der Waals surface area (Å²) in [5.74, 6) is 1.56. The molecule has 0 bridgehead atoms. The number of hydrogen-bond donors (Lipinski definition) is 3. The second-order valence-corrected chi connectivity index (χ2v) is 6.22. The van der Waals surface area contributed by atoms with Gasteiger partial charge in [0.25, 0.3) is 0 Å². The van der Waals surface area contributed by atoms with Gasteiger partial charge in [0, 0.05) is 12.2 Å². The Morgan fingerprint density at radius 2 is 2.15 bits per heavy atom. The molecular formula is C16H23N3O. The van der Waals surface area contributed by atoms with Gasteiger partial charge in [-0.25, -0.2) is 0 Å². The molecule has 108 valence electrons. The largest absolute Gasteiger partial charge is 0.397 e. The third-order valence-corrected chi connectivity index (χ3v) is 4.74. The fourth-order valence-corrected chi connectivity index (χ4v) is 3.38. The predicted molar refractivity (Wildman–Crippen MR) is 82.8 cm³/mol. The number of hydrogen-bond acceptors (Lipinski definition) is 3. The number of nitrogens with two attached hydrogens (primary N) is 1. The molecule has 1 fully saturated rings. The molecule has 1 aromatic rings. The highest BCUT2D eigenvalue weighted by molar-refractivity contribution is 6.00. The summed E-state index contributed by atoms with van der Waals surface area (Å²) in [6, 6.07) is 3.89. The van der Waals surface area contributed by atoms with E-state index in [0.717, 1.165) is 41.0 Å². The van der Waals surface area contributed by atoms with Crippen LogP contribution in [0.4, 0.5) is 17.1 Å². The van der Waals surface area contributed by atoms with Crippen molar-refractivity contribution in [3.63, 3.8) is 0 Å². The van der Waals surface area contributed by atoms with E-state index in [9.17, 15) is 4.79 Å². The molecule has 0 radical (unpaired) electrons. The molecular weight excluding hydrogens is 250 g/mol. The zero-order valence-corrected chi connectivity index (χ0v) is 12.0. The minimum absolute atomic E-state index is 0.0532. The average Bonchev–Trinajstić information content (AvgIpc) is 2.76. The van der Waals surface area contributed by atoms with Crippen molar-refractivity contribution in [2.75, 3.05) is 22.9 Å². The molecule has 1 saturated carbocycles. The Balaban J connectivity index is 1.69. The average molecular weight is 273 g/mol. The highest BCUT2D eigenvalue weighted by Gasteiger charge is 2.22. The van der Waals surface area contributed by atoms with Gasteiger partial charge in [0.1, 0.15) is 0 Å². The number of fused-ring (bicyclic) bond motifs is 1. The van der Waals surface area contributed by atoms with E-state index < -0.39 is 0 Å². The quantitative estimate of drug-likeness (QED) is 0.742. The number of benzene rings is 1. The number of carbonyl (C=O) groups is 1. The lowest BCUT2D eigenvalue weighted by molar-refractivity contribution is -0.115. The van der Waals surface area contributed by atoms with Crippen LogP contribution in [-0.4, -0.2) is 12.5 Å². The number of anilines is 3. The van der Waals surface area contributed by atoms with Gasteiger partial charge in [0.05, 0.1) is 17.8 Å². The van der Waals surface area contributed by atoms with E-state index >= 15 is 0 Å². The maximum atomic E-state index is 11.4. The van der Waals surface area contributed by atoms with E-state index in [1.807, 2.05) is 12.1 Å². The number of nitrogens with one attached hydrogen (secondary N) is 2. The van der Waals surface area contributed by atoms with Crippen LogP contribution in [0.3, 0.4) is 0 Å². The van der Waals surface area contributed by atoms with Crippen LogP contribution < -0.4 is 16.4 Å². The molecule has 1 aliphatic heterocycles. The standard InChI is InChI=1S/C16H23N3O/c1-10-4-2-3-5-11(10)9-18-15-8-14-12(6-13(15)17)7-16(20)19-14/h6,8,10-11,18H,2-5,7,9,17H2,1H3,(H,19,20). The van der Waals surface area contributed by atoms with Crippen molar-refractivity contribution in [2.24, 2.45) is 11.8 Å². The summed E-state index contributed by atoms with van der Waals surface area (Å²) in [7, 11) is 0. The molecule has 2 unspecified atom stereocenters. The van der Waals surface area contributed by atoms with Gasteiger partial charge in [-0.3, -0.25) is 4.79 Å². The van der Waals surface area contributed by atoms with Crippen LogP contribution in [0.2, 0.25) is 0 Å². The van der Waals surface area contributed by atoms with Gasteiger partial charge in [0.15, 0.2) is 0 Å². The molecule has 2 atom stereocenters. The monoisotopic (exact) mass is 273 g/mol. The maximum absolute atomic E-state index is 11.4. The molecule has 4 heteroatoms. The van der Waals surface area contributed by atoms with Gasteiger partial charge in [-0.1, -0.05) is 26.2 Å². The third-order valence-electron chi connectivity index (χ3n) is 4.74. The third kappa shape index (κ3) is 2.60. The van der Waals surface area contributed by atoms with E-state index in [4.69, 9.17) is 5.73 Å². The van der Waals surface area contributed by atoms with Crippen molar-refractivity contribution < 1.29 is 4.79 Å². The number of rotatable bonds is 3. The van der Waals surface area contributed by atoms with Gasteiger partial charge < -0.3 is 16.4 Å². The van der Waals surface area contributed by atoms with Crippen LogP contribution >= 0.6 is 0 Å². The second kappa shape index (κ2) is 5.35. The smallest absolute Gasteiger partial charge is 0.228 e. The first kappa shape index (κ1) is 13.3. The highest BCUT2D eigenvalue weighted by Crippen LogP contribution is 2.33. The summed E-state index contributed by atoms with van der Waals surface area (Å²) in [5, 5.41) is 6.36. The van der Waals surface area contributed by atoms with Crippen molar-refractivity contribution in [1.29, 1.82) is 0 Å².